The van der Waals surface area contributed by atoms with E-state index < -0.39 is 0 Å². The van der Waals surface area contributed by atoms with Gasteiger partial charge in [0.2, 0.25) is 5.91 Å². The van der Waals surface area contributed by atoms with Crippen LogP contribution < -0.4 is 15.8 Å². The molecule has 1 aliphatic carbocycles. The van der Waals surface area contributed by atoms with E-state index in [2.05, 4.69) is 20.2 Å². The van der Waals surface area contributed by atoms with E-state index in [4.69, 9.17) is 0 Å². The molecule has 2 N–H and O–H groups in total. The molecule has 0 radical (unpaired) electrons. The molecule has 1 amide bonds. The molecule has 2 aliphatic rings. The van der Waals surface area contributed by atoms with Gasteiger partial charge in [-0.1, -0.05) is 0 Å². The number of nitrogens with one attached hydrogen (secondary N) is 2. The van der Waals surface area contributed by atoms with Crippen molar-refractivity contribution in [3.05, 3.63) is 22.2 Å². The molecule has 6 heteroatoms. The van der Waals surface area contributed by atoms with Crippen LogP contribution in [-0.4, -0.2) is 35.5 Å². The van der Waals surface area contributed by atoms with Crippen LogP contribution in [0.5, 0.6) is 0 Å². The van der Waals surface area contributed by atoms with Gasteiger partial charge in [0.25, 0.3) is 5.56 Å². The van der Waals surface area contributed by atoms with Crippen molar-refractivity contribution in [2.75, 3.05) is 24.5 Å². The standard InChI is InChI=1S/C15H22N4O2/c1-10(20)16-9-11-4-6-19(7-5-11)13-8-14(21)18-15(17-13)12-2-3-12/h8,11-12H,2-7,9H2,1H3,(H,16,20)(H,17,18,21). The van der Waals surface area contributed by atoms with Crippen molar-refractivity contribution in [2.24, 2.45) is 5.92 Å². The lowest BCUT2D eigenvalue weighted by molar-refractivity contribution is -0.119. The summed E-state index contributed by atoms with van der Waals surface area (Å²) in [5.41, 5.74) is -0.0535. The number of piperidine rings is 1. The van der Waals surface area contributed by atoms with Crippen LogP contribution in [0.25, 0.3) is 0 Å². The van der Waals surface area contributed by atoms with Gasteiger partial charge in [-0.2, -0.15) is 0 Å². The van der Waals surface area contributed by atoms with Gasteiger partial charge in [-0.15, -0.1) is 0 Å². The van der Waals surface area contributed by atoms with Crippen molar-refractivity contribution >= 4 is 11.7 Å². The maximum absolute atomic E-state index is 11.8. The van der Waals surface area contributed by atoms with Gasteiger partial charge in [0.05, 0.1) is 0 Å². The fourth-order valence-electron chi connectivity index (χ4n) is 2.83. The Labute approximate surface area is 124 Å². The summed E-state index contributed by atoms with van der Waals surface area (Å²) in [6, 6.07) is 1.60. The van der Waals surface area contributed by atoms with Gasteiger partial charge in [-0.3, -0.25) is 9.59 Å². The molecular formula is C15H22N4O2. The molecule has 0 atom stereocenters. The Hall–Kier alpha value is -1.85. The zero-order valence-corrected chi connectivity index (χ0v) is 12.4. The first-order valence-electron chi connectivity index (χ1n) is 7.72. The summed E-state index contributed by atoms with van der Waals surface area (Å²) in [5, 5.41) is 2.88. The molecule has 0 unspecified atom stereocenters. The third kappa shape index (κ3) is 3.62. The molecule has 2 fully saturated rings. The molecule has 2 heterocycles. The molecule has 21 heavy (non-hydrogen) atoms. The van der Waals surface area contributed by atoms with Gasteiger partial charge in [0, 0.05) is 38.5 Å². The Bertz CT molecular complexity index is 571. The Morgan fingerprint density at radius 2 is 2.10 bits per heavy atom. The molecule has 6 nitrogen and oxygen atoms in total. The normalized spacial score (nSPS) is 19.6. The smallest absolute Gasteiger partial charge is 0.252 e. The molecule has 1 aliphatic heterocycles. The highest BCUT2D eigenvalue weighted by Gasteiger charge is 2.27. The van der Waals surface area contributed by atoms with E-state index in [1.54, 1.807) is 13.0 Å². The van der Waals surface area contributed by atoms with E-state index in [1.165, 1.54) is 0 Å². The molecular weight excluding hydrogens is 268 g/mol. The first-order chi connectivity index (χ1) is 10.1. The maximum Gasteiger partial charge on any atom is 0.252 e. The lowest BCUT2D eigenvalue weighted by Gasteiger charge is -2.32. The second-order valence-electron chi connectivity index (χ2n) is 6.13. The predicted octanol–water partition coefficient (Wildman–Crippen LogP) is 1.000. The van der Waals surface area contributed by atoms with Crippen molar-refractivity contribution in [1.29, 1.82) is 0 Å². The van der Waals surface area contributed by atoms with Crippen LogP contribution in [0.1, 0.15) is 44.3 Å². The first-order valence-corrected chi connectivity index (χ1v) is 7.72. The SMILES string of the molecule is CC(=O)NCC1CCN(c2cc(=O)[nH]c(C3CC3)n2)CC1. The van der Waals surface area contributed by atoms with Gasteiger partial charge >= 0.3 is 0 Å². The van der Waals surface area contributed by atoms with Crippen LogP contribution in [0.4, 0.5) is 5.82 Å². The fraction of sp³-hybridized carbons (Fsp3) is 0.667. The van der Waals surface area contributed by atoms with Crippen LogP contribution in [0.15, 0.2) is 10.9 Å². The van der Waals surface area contributed by atoms with Gasteiger partial charge < -0.3 is 15.2 Å². The van der Waals surface area contributed by atoms with E-state index >= 15 is 0 Å². The van der Waals surface area contributed by atoms with Crippen molar-refractivity contribution in [3.63, 3.8) is 0 Å². The highest BCUT2D eigenvalue weighted by Crippen LogP contribution is 2.38. The van der Waals surface area contributed by atoms with Crippen LogP contribution in [0.3, 0.4) is 0 Å². The predicted molar refractivity (Wildman–Crippen MR) is 80.5 cm³/mol. The number of aromatic nitrogens is 2. The van der Waals surface area contributed by atoms with Crippen LogP contribution in [0, 0.1) is 5.92 Å². The van der Waals surface area contributed by atoms with Gasteiger partial charge in [0.1, 0.15) is 11.6 Å². The van der Waals surface area contributed by atoms with Crippen LogP contribution in [-0.2, 0) is 4.79 Å². The topological polar surface area (TPSA) is 78.1 Å². The minimum atomic E-state index is -0.0535. The van der Waals surface area contributed by atoms with Crippen molar-refractivity contribution in [2.45, 2.75) is 38.5 Å². The molecule has 0 spiro atoms. The second-order valence-corrected chi connectivity index (χ2v) is 6.13. The van der Waals surface area contributed by atoms with Crippen molar-refractivity contribution < 1.29 is 4.79 Å². The quantitative estimate of drug-likeness (QED) is 0.867. The van der Waals surface area contributed by atoms with Crippen LogP contribution in [0.2, 0.25) is 0 Å². The zero-order valence-electron chi connectivity index (χ0n) is 12.4. The Kier molecular flexibility index (Phi) is 3.94. The molecule has 0 bridgehead atoms. The minimum Gasteiger partial charge on any atom is -0.356 e. The summed E-state index contributed by atoms with van der Waals surface area (Å²) in [6.07, 6.45) is 4.30. The van der Waals surface area contributed by atoms with E-state index in [9.17, 15) is 9.59 Å². The van der Waals surface area contributed by atoms with Gasteiger partial charge in [-0.25, -0.2) is 4.98 Å². The van der Waals surface area contributed by atoms with Crippen LogP contribution >= 0.6 is 0 Å². The summed E-state index contributed by atoms with van der Waals surface area (Å²) < 4.78 is 0. The highest BCUT2D eigenvalue weighted by atomic mass is 16.1. The number of hydrogen-bond donors (Lipinski definition) is 2. The summed E-state index contributed by atoms with van der Waals surface area (Å²) in [7, 11) is 0. The largest absolute Gasteiger partial charge is 0.356 e. The number of amides is 1. The van der Waals surface area contributed by atoms with E-state index in [-0.39, 0.29) is 11.5 Å². The highest BCUT2D eigenvalue weighted by molar-refractivity contribution is 5.72. The molecule has 1 saturated heterocycles. The third-order valence-electron chi connectivity index (χ3n) is 4.29. The number of H-pyrrole nitrogens is 1. The fourth-order valence-corrected chi connectivity index (χ4v) is 2.83. The summed E-state index contributed by atoms with van der Waals surface area (Å²) in [4.78, 5) is 32.4. The van der Waals surface area contributed by atoms with E-state index in [0.29, 0.717) is 11.8 Å². The van der Waals surface area contributed by atoms with E-state index in [0.717, 1.165) is 57.0 Å². The molecule has 114 valence electrons. The Morgan fingerprint density at radius 1 is 1.38 bits per heavy atom. The minimum absolute atomic E-state index is 0.0303. The zero-order chi connectivity index (χ0) is 14.8. The third-order valence-corrected chi connectivity index (χ3v) is 4.29. The average Bonchev–Trinajstić information content (AvgIpc) is 3.29. The first kappa shape index (κ1) is 14.1. The molecule has 1 aromatic heterocycles. The molecule has 3 rings (SSSR count). The van der Waals surface area contributed by atoms with Gasteiger partial charge in [0.15, 0.2) is 0 Å². The monoisotopic (exact) mass is 290 g/mol. The number of aromatic amines is 1. The number of carbonyl (C=O) groups excluding carboxylic acids is 1. The maximum atomic E-state index is 11.8. The van der Waals surface area contributed by atoms with E-state index in [1.807, 2.05) is 0 Å². The average molecular weight is 290 g/mol. The molecule has 1 aromatic rings. The number of hydrogen-bond acceptors (Lipinski definition) is 4. The Morgan fingerprint density at radius 3 is 2.71 bits per heavy atom. The molecule has 0 aromatic carbocycles. The second kappa shape index (κ2) is 5.87. The van der Waals surface area contributed by atoms with Crippen molar-refractivity contribution in [3.8, 4) is 0 Å². The van der Waals surface area contributed by atoms with Crippen molar-refractivity contribution in [1.82, 2.24) is 15.3 Å². The number of rotatable bonds is 4. The summed E-state index contributed by atoms with van der Waals surface area (Å²) in [5.74, 6) is 2.66. The number of nitrogens with zero attached hydrogens (tertiary/aromatic N) is 2. The Balaban J connectivity index is 1.61. The number of carbonyl (C=O) groups is 1. The lowest BCUT2D eigenvalue weighted by Crippen LogP contribution is -2.39. The number of anilines is 1. The summed E-state index contributed by atoms with van der Waals surface area (Å²) >= 11 is 0. The lowest BCUT2D eigenvalue weighted by atomic mass is 9.97. The summed E-state index contributed by atoms with van der Waals surface area (Å²) in [6.45, 7) is 4.09. The molecule has 1 saturated carbocycles. The van der Waals surface area contributed by atoms with Gasteiger partial charge in [-0.05, 0) is 31.6 Å².